The van der Waals surface area contributed by atoms with Crippen molar-refractivity contribution >= 4 is 0 Å². The molecule has 1 unspecified atom stereocenters. The smallest absolute Gasteiger partial charge is 0.120 e. The van der Waals surface area contributed by atoms with Crippen LogP contribution in [0.5, 0.6) is 11.5 Å². The number of pyridine rings is 1. The van der Waals surface area contributed by atoms with Crippen LogP contribution in [0, 0.1) is 0 Å². The van der Waals surface area contributed by atoms with Gasteiger partial charge in [-0.25, -0.2) is 0 Å². The molecule has 0 fully saturated rings. The van der Waals surface area contributed by atoms with E-state index in [9.17, 15) is 5.11 Å². The molecule has 0 saturated carbocycles. The van der Waals surface area contributed by atoms with Crippen LogP contribution in [0.1, 0.15) is 17.5 Å². The topological polar surface area (TPSA) is 51.6 Å². The molecule has 0 aliphatic carbocycles. The van der Waals surface area contributed by atoms with Crippen molar-refractivity contribution in [1.29, 1.82) is 0 Å². The van der Waals surface area contributed by atoms with Gasteiger partial charge in [0.05, 0.1) is 6.10 Å². The number of rotatable bonds is 9. The van der Waals surface area contributed by atoms with E-state index < -0.39 is 6.10 Å². The lowest BCUT2D eigenvalue weighted by Gasteiger charge is -2.13. The highest BCUT2D eigenvalue weighted by Gasteiger charge is 2.06. The molecule has 1 heterocycles. The van der Waals surface area contributed by atoms with Gasteiger partial charge in [0.1, 0.15) is 24.7 Å². The third kappa shape index (κ3) is 5.90. The summed E-state index contributed by atoms with van der Waals surface area (Å²) in [7, 11) is 0. The first-order valence-corrected chi connectivity index (χ1v) is 8.76. The second kappa shape index (κ2) is 9.59. The molecule has 3 aromatic rings. The Morgan fingerprint density at radius 1 is 0.808 bits per heavy atom. The average Bonchev–Trinajstić information content (AvgIpc) is 2.71. The molecule has 4 nitrogen and oxygen atoms in total. The van der Waals surface area contributed by atoms with Crippen molar-refractivity contribution in [3.8, 4) is 11.5 Å². The Hall–Kier alpha value is -2.85. The maximum absolute atomic E-state index is 10.1. The molecule has 0 aliphatic rings. The Kier molecular flexibility index (Phi) is 6.62. The third-order valence-corrected chi connectivity index (χ3v) is 4.00. The van der Waals surface area contributed by atoms with E-state index in [4.69, 9.17) is 9.47 Å². The van der Waals surface area contributed by atoms with E-state index >= 15 is 0 Å². The molecule has 0 spiro atoms. The van der Waals surface area contributed by atoms with Gasteiger partial charge in [0, 0.05) is 12.4 Å². The Labute approximate surface area is 154 Å². The van der Waals surface area contributed by atoms with Crippen molar-refractivity contribution in [1.82, 2.24) is 4.98 Å². The molecule has 0 saturated heterocycles. The molecule has 26 heavy (non-hydrogen) atoms. The van der Waals surface area contributed by atoms with Gasteiger partial charge in [-0.3, -0.25) is 4.98 Å². The Bertz CT molecular complexity index is 760. The summed E-state index contributed by atoms with van der Waals surface area (Å²) < 4.78 is 11.4. The van der Waals surface area contributed by atoms with Crippen molar-refractivity contribution in [3.05, 3.63) is 90.3 Å². The highest BCUT2D eigenvalue weighted by molar-refractivity contribution is 5.31. The molecular weight excluding hydrogens is 326 g/mol. The van der Waals surface area contributed by atoms with Crippen LogP contribution in [0.2, 0.25) is 0 Å². The summed E-state index contributed by atoms with van der Waals surface area (Å²) in [6.07, 6.45) is 4.48. The first-order chi connectivity index (χ1) is 12.8. The minimum Gasteiger partial charge on any atom is -0.491 e. The normalized spacial score (nSPS) is 11.7. The molecule has 0 aliphatic heterocycles. The van der Waals surface area contributed by atoms with Gasteiger partial charge < -0.3 is 14.6 Å². The number of aryl methyl sites for hydroxylation is 1. The molecule has 2 aromatic carbocycles. The molecular formula is C22H23NO3. The summed E-state index contributed by atoms with van der Waals surface area (Å²) in [6, 6.07) is 21.4. The summed E-state index contributed by atoms with van der Waals surface area (Å²) >= 11 is 0. The van der Waals surface area contributed by atoms with Gasteiger partial charge in [-0.15, -0.1) is 0 Å². The highest BCUT2D eigenvalue weighted by atomic mass is 16.5. The van der Waals surface area contributed by atoms with E-state index in [-0.39, 0.29) is 6.61 Å². The maximum atomic E-state index is 10.1. The molecule has 1 aromatic heterocycles. The summed E-state index contributed by atoms with van der Waals surface area (Å²) in [5.74, 6) is 1.51. The van der Waals surface area contributed by atoms with Gasteiger partial charge in [-0.1, -0.05) is 36.4 Å². The molecule has 1 atom stereocenters. The van der Waals surface area contributed by atoms with E-state index in [1.807, 2.05) is 72.9 Å². The maximum Gasteiger partial charge on any atom is 0.120 e. The molecule has 4 heteroatoms. The lowest BCUT2D eigenvalue weighted by atomic mass is 10.1. The predicted octanol–water partition coefficient (Wildman–Crippen LogP) is 4.03. The Balaban J connectivity index is 1.39. The molecule has 0 bridgehead atoms. The van der Waals surface area contributed by atoms with Crippen LogP contribution in [-0.4, -0.2) is 22.8 Å². The number of hydrogen-bond acceptors (Lipinski definition) is 4. The fourth-order valence-electron chi connectivity index (χ4n) is 2.53. The van der Waals surface area contributed by atoms with Crippen molar-refractivity contribution in [3.63, 3.8) is 0 Å². The monoisotopic (exact) mass is 349 g/mol. The van der Waals surface area contributed by atoms with E-state index in [2.05, 4.69) is 4.98 Å². The zero-order valence-corrected chi connectivity index (χ0v) is 14.6. The first-order valence-electron chi connectivity index (χ1n) is 8.76. The Morgan fingerprint density at radius 2 is 1.50 bits per heavy atom. The second-order valence-electron chi connectivity index (χ2n) is 6.11. The van der Waals surface area contributed by atoms with Gasteiger partial charge >= 0.3 is 0 Å². The van der Waals surface area contributed by atoms with Crippen molar-refractivity contribution in [2.24, 2.45) is 0 Å². The van der Waals surface area contributed by atoms with Crippen molar-refractivity contribution < 1.29 is 14.6 Å². The lowest BCUT2D eigenvalue weighted by molar-refractivity contribution is 0.100. The number of benzene rings is 2. The van der Waals surface area contributed by atoms with Crippen LogP contribution in [0.15, 0.2) is 79.1 Å². The summed E-state index contributed by atoms with van der Waals surface area (Å²) in [6.45, 7) is 0.804. The summed E-state index contributed by atoms with van der Waals surface area (Å²) in [5, 5.41) is 10.1. The van der Waals surface area contributed by atoms with Gasteiger partial charge in [-0.05, 0) is 54.3 Å². The van der Waals surface area contributed by atoms with Gasteiger partial charge in [0.15, 0.2) is 0 Å². The minimum absolute atomic E-state index is 0.268. The quantitative estimate of drug-likeness (QED) is 0.634. The predicted molar refractivity (Wildman–Crippen MR) is 101 cm³/mol. The molecule has 1 N–H and O–H groups in total. The average molecular weight is 349 g/mol. The van der Waals surface area contributed by atoms with E-state index in [0.29, 0.717) is 13.0 Å². The third-order valence-electron chi connectivity index (χ3n) is 4.00. The number of aliphatic hydroxyl groups excluding tert-OH is 1. The van der Waals surface area contributed by atoms with E-state index in [1.54, 1.807) is 6.20 Å². The van der Waals surface area contributed by atoms with Gasteiger partial charge in [0.2, 0.25) is 0 Å². The van der Waals surface area contributed by atoms with E-state index in [1.165, 1.54) is 0 Å². The van der Waals surface area contributed by atoms with Gasteiger partial charge in [-0.2, -0.15) is 0 Å². The molecule has 3 rings (SSSR count). The van der Waals surface area contributed by atoms with E-state index in [0.717, 1.165) is 29.0 Å². The number of aliphatic hydroxyl groups is 1. The fraction of sp³-hybridized carbons (Fsp3) is 0.227. The fourth-order valence-corrected chi connectivity index (χ4v) is 2.53. The minimum atomic E-state index is -0.510. The van der Waals surface area contributed by atoms with Crippen LogP contribution in [0.4, 0.5) is 0 Å². The zero-order chi connectivity index (χ0) is 18.0. The van der Waals surface area contributed by atoms with Crippen molar-refractivity contribution in [2.45, 2.75) is 25.6 Å². The summed E-state index contributed by atoms with van der Waals surface area (Å²) in [4.78, 5) is 4.07. The van der Waals surface area contributed by atoms with Crippen LogP contribution in [0.3, 0.4) is 0 Å². The van der Waals surface area contributed by atoms with Crippen LogP contribution < -0.4 is 9.47 Å². The molecule has 0 radical (unpaired) electrons. The second-order valence-corrected chi connectivity index (χ2v) is 6.11. The number of aromatic nitrogens is 1. The molecule has 0 amide bonds. The van der Waals surface area contributed by atoms with Crippen LogP contribution >= 0.6 is 0 Å². The standard InChI is InChI=1S/C22H23NO3/c24-20(9-8-18-7-4-14-23-15-18)17-26-22-12-10-21(11-13-22)25-16-19-5-2-1-3-6-19/h1-7,10-15,20,24H,8-9,16-17H2. The van der Waals surface area contributed by atoms with Crippen molar-refractivity contribution in [2.75, 3.05) is 6.61 Å². The number of nitrogens with zero attached hydrogens (tertiary/aromatic N) is 1. The lowest BCUT2D eigenvalue weighted by Crippen LogP contribution is -2.18. The van der Waals surface area contributed by atoms with Crippen LogP contribution in [-0.2, 0) is 13.0 Å². The van der Waals surface area contributed by atoms with Crippen LogP contribution in [0.25, 0.3) is 0 Å². The first kappa shape index (κ1) is 18.0. The highest BCUT2D eigenvalue weighted by Crippen LogP contribution is 2.19. The number of ether oxygens (including phenoxy) is 2. The summed E-state index contributed by atoms with van der Waals surface area (Å²) in [5.41, 5.74) is 2.25. The SMILES string of the molecule is OC(CCc1cccnc1)COc1ccc(OCc2ccccc2)cc1. The molecule has 134 valence electrons. The number of hydrogen-bond donors (Lipinski definition) is 1. The largest absolute Gasteiger partial charge is 0.491 e. The Morgan fingerprint density at radius 3 is 2.19 bits per heavy atom. The zero-order valence-electron chi connectivity index (χ0n) is 14.6. The van der Waals surface area contributed by atoms with Gasteiger partial charge in [0.25, 0.3) is 0 Å².